The van der Waals surface area contributed by atoms with Crippen molar-refractivity contribution >= 4 is 21.6 Å². The van der Waals surface area contributed by atoms with Crippen LogP contribution in [0.3, 0.4) is 0 Å². The van der Waals surface area contributed by atoms with E-state index in [4.69, 9.17) is 14.5 Å². The molecule has 3 heterocycles. The van der Waals surface area contributed by atoms with Crippen molar-refractivity contribution in [3.05, 3.63) is 76.3 Å². The molecule has 0 saturated carbocycles. The van der Waals surface area contributed by atoms with Crippen LogP contribution in [-0.4, -0.2) is 35.1 Å². The van der Waals surface area contributed by atoms with Crippen LogP contribution in [0.4, 0.5) is 0 Å². The lowest BCUT2D eigenvalue weighted by molar-refractivity contribution is 0.171. The van der Waals surface area contributed by atoms with E-state index in [-0.39, 0.29) is 5.56 Å². The summed E-state index contributed by atoms with van der Waals surface area (Å²) in [5.74, 6) is 2.23. The van der Waals surface area contributed by atoms with Crippen molar-refractivity contribution in [3.8, 4) is 21.9 Å². The molecular formula is C23H21N3O3S. The number of thiophene rings is 1. The molecule has 0 atom stereocenters. The minimum Gasteiger partial charge on any atom is -0.486 e. The average Bonchev–Trinajstić information content (AvgIpc) is 3.19. The van der Waals surface area contributed by atoms with Gasteiger partial charge in [0.2, 0.25) is 0 Å². The molecule has 0 amide bonds. The van der Waals surface area contributed by atoms with E-state index in [1.165, 1.54) is 0 Å². The first-order valence-electron chi connectivity index (χ1n) is 9.81. The van der Waals surface area contributed by atoms with Crippen molar-refractivity contribution in [2.45, 2.75) is 13.1 Å². The predicted molar refractivity (Wildman–Crippen MR) is 118 cm³/mol. The van der Waals surface area contributed by atoms with Gasteiger partial charge in [0, 0.05) is 11.4 Å². The number of rotatable bonds is 5. The quantitative estimate of drug-likeness (QED) is 0.529. The van der Waals surface area contributed by atoms with Gasteiger partial charge in [0.25, 0.3) is 5.56 Å². The van der Waals surface area contributed by atoms with Crippen molar-refractivity contribution < 1.29 is 9.47 Å². The van der Waals surface area contributed by atoms with Gasteiger partial charge in [-0.15, -0.1) is 11.3 Å². The summed E-state index contributed by atoms with van der Waals surface area (Å²) in [6.45, 7) is 2.40. The van der Waals surface area contributed by atoms with Crippen LogP contribution in [0.2, 0.25) is 0 Å². The second-order valence-corrected chi connectivity index (χ2v) is 8.39. The minimum absolute atomic E-state index is 0.0961. The van der Waals surface area contributed by atoms with E-state index in [2.05, 4.69) is 9.88 Å². The molecule has 30 heavy (non-hydrogen) atoms. The summed E-state index contributed by atoms with van der Waals surface area (Å²) in [5.41, 5.74) is 2.12. The summed E-state index contributed by atoms with van der Waals surface area (Å²) in [6, 6.07) is 18.0. The fourth-order valence-corrected chi connectivity index (χ4v) is 4.66. The molecule has 152 valence electrons. The molecular weight excluding hydrogens is 398 g/mol. The predicted octanol–water partition coefficient (Wildman–Crippen LogP) is 4.05. The fraction of sp³-hybridized carbons (Fsp3) is 0.217. The molecule has 1 aliphatic heterocycles. The molecule has 0 spiro atoms. The first kappa shape index (κ1) is 18.8. The maximum Gasteiger partial charge on any atom is 0.259 e. The number of aromatic amines is 1. The normalized spacial score (nSPS) is 13.1. The molecule has 0 saturated heterocycles. The van der Waals surface area contributed by atoms with Crippen molar-refractivity contribution in [1.82, 2.24) is 14.9 Å². The molecule has 0 radical (unpaired) electrons. The molecule has 1 aliphatic rings. The number of aromatic nitrogens is 2. The van der Waals surface area contributed by atoms with Gasteiger partial charge in [-0.1, -0.05) is 36.4 Å². The van der Waals surface area contributed by atoms with E-state index in [0.717, 1.165) is 32.3 Å². The lowest BCUT2D eigenvalue weighted by atomic mass is 10.2. The highest BCUT2D eigenvalue weighted by molar-refractivity contribution is 7.21. The average molecular weight is 420 g/mol. The van der Waals surface area contributed by atoms with E-state index < -0.39 is 0 Å². The first-order chi connectivity index (χ1) is 14.7. The molecule has 2 aromatic heterocycles. The number of hydrogen-bond donors (Lipinski definition) is 1. The monoisotopic (exact) mass is 419 g/mol. The third-order valence-electron chi connectivity index (χ3n) is 4.99. The standard InChI is InChI=1S/C23H21N3O3S/c1-26(13-15-7-8-18-19(11-15)29-10-9-28-18)14-21-24-22(27)17-12-20(30-23(17)25-21)16-5-3-2-4-6-16/h2-8,11-12H,9-10,13-14H2,1H3,(H,24,25,27). The number of hydrogen-bond acceptors (Lipinski definition) is 6. The zero-order valence-electron chi connectivity index (χ0n) is 16.6. The van der Waals surface area contributed by atoms with Crippen molar-refractivity contribution in [2.75, 3.05) is 20.3 Å². The van der Waals surface area contributed by atoms with Gasteiger partial charge in [-0.3, -0.25) is 9.69 Å². The van der Waals surface area contributed by atoms with E-state index in [0.29, 0.717) is 37.5 Å². The summed E-state index contributed by atoms with van der Waals surface area (Å²) >= 11 is 1.55. The molecule has 4 aromatic rings. The lowest BCUT2D eigenvalue weighted by Crippen LogP contribution is -2.22. The van der Waals surface area contributed by atoms with Crippen LogP contribution >= 0.6 is 11.3 Å². The van der Waals surface area contributed by atoms with Crippen LogP contribution in [0.5, 0.6) is 11.5 Å². The number of fused-ring (bicyclic) bond motifs is 2. The van der Waals surface area contributed by atoms with E-state index in [1.807, 2.05) is 61.6 Å². The molecule has 0 bridgehead atoms. The third-order valence-corrected chi connectivity index (χ3v) is 6.07. The Morgan fingerprint density at radius 3 is 2.67 bits per heavy atom. The van der Waals surface area contributed by atoms with Gasteiger partial charge in [-0.05, 0) is 36.4 Å². The van der Waals surface area contributed by atoms with Crippen molar-refractivity contribution in [3.63, 3.8) is 0 Å². The van der Waals surface area contributed by atoms with Gasteiger partial charge >= 0.3 is 0 Å². The fourth-order valence-electron chi connectivity index (χ4n) is 3.60. The topological polar surface area (TPSA) is 67.5 Å². The van der Waals surface area contributed by atoms with Crippen molar-refractivity contribution in [1.29, 1.82) is 0 Å². The molecule has 6 nitrogen and oxygen atoms in total. The van der Waals surface area contributed by atoms with Crippen LogP contribution < -0.4 is 15.0 Å². The highest BCUT2D eigenvalue weighted by Gasteiger charge is 2.14. The van der Waals surface area contributed by atoms with Crippen LogP contribution in [0, 0.1) is 0 Å². The smallest absolute Gasteiger partial charge is 0.259 e. The van der Waals surface area contributed by atoms with Gasteiger partial charge in [0.05, 0.1) is 11.9 Å². The molecule has 5 rings (SSSR count). The highest BCUT2D eigenvalue weighted by Crippen LogP contribution is 2.32. The largest absolute Gasteiger partial charge is 0.486 e. The number of H-pyrrole nitrogens is 1. The van der Waals surface area contributed by atoms with Crippen molar-refractivity contribution in [2.24, 2.45) is 0 Å². The molecule has 0 aliphatic carbocycles. The number of nitrogens with one attached hydrogen (secondary N) is 1. The minimum atomic E-state index is -0.0961. The summed E-state index contributed by atoms with van der Waals surface area (Å²) in [5, 5.41) is 0.636. The summed E-state index contributed by atoms with van der Waals surface area (Å²) in [6.07, 6.45) is 0. The third kappa shape index (κ3) is 3.81. The zero-order valence-corrected chi connectivity index (χ0v) is 17.4. The Bertz CT molecular complexity index is 1250. The number of benzene rings is 2. The Hall–Kier alpha value is -3.16. The van der Waals surface area contributed by atoms with Crippen LogP contribution in [-0.2, 0) is 13.1 Å². The van der Waals surface area contributed by atoms with Gasteiger partial charge in [0.15, 0.2) is 11.5 Å². The van der Waals surface area contributed by atoms with E-state index in [9.17, 15) is 4.79 Å². The maximum absolute atomic E-state index is 12.6. The summed E-state index contributed by atoms with van der Waals surface area (Å²) < 4.78 is 11.2. The molecule has 2 aromatic carbocycles. The Kier molecular flexibility index (Phi) is 4.98. The second-order valence-electron chi connectivity index (χ2n) is 7.36. The van der Waals surface area contributed by atoms with Crippen LogP contribution in [0.15, 0.2) is 59.4 Å². The van der Waals surface area contributed by atoms with Gasteiger partial charge < -0.3 is 14.5 Å². The summed E-state index contributed by atoms with van der Waals surface area (Å²) in [7, 11) is 2.00. The number of nitrogens with zero attached hydrogens (tertiary/aromatic N) is 2. The summed E-state index contributed by atoms with van der Waals surface area (Å²) in [4.78, 5) is 24.2. The Morgan fingerprint density at radius 1 is 1.03 bits per heavy atom. The first-order valence-corrected chi connectivity index (χ1v) is 10.6. The van der Waals surface area contributed by atoms with Gasteiger partial charge in [-0.25, -0.2) is 4.98 Å². The van der Waals surface area contributed by atoms with E-state index >= 15 is 0 Å². The van der Waals surface area contributed by atoms with Crippen LogP contribution in [0.1, 0.15) is 11.4 Å². The number of ether oxygens (including phenoxy) is 2. The Labute approximate surface area is 177 Å². The van der Waals surface area contributed by atoms with Crippen LogP contribution in [0.25, 0.3) is 20.7 Å². The van der Waals surface area contributed by atoms with Gasteiger partial charge in [0.1, 0.15) is 23.9 Å². The SMILES string of the molecule is CN(Cc1ccc2c(c1)OCCO2)Cc1nc2sc(-c3ccccc3)cc2c(=O)[nH]1. The highest BCUT2D eigenvalue weighted by atomic mass is 32.1. The Balaban J connectivity index is 1.35. The molecule has 0 fully saturated rings. The maximum atomic E-state index is 12.6. The Morgan fingerprint density at radius 2 is 1.83 bits per heavy atom. The van der Waals surface area contributed by atoms with E-state index in [1.54, 1.807) is 11.3 Å². The zero-order chi connectivity index (χ0) is 20.5. The molecule has 0 unspecified atom stereocenters. The lowest BCUT2D eigenvalue weighted by Gasteiger charge is -2.20. The second kappa shape index (κ2) is 7.93. The molecule has 1 N–H and O–H groups in total. The van der Waals surface area contributed by atoms with Gasteiger partial charge in [-0.2, -0.15) is 0 Å². The molecule has 7 heteroatoms.